The van der Waals surface area contributed by atoms with E-state index in [4.69, 9.17) is 14.2 Å². The monoisotopic (exact) mass is 499 g/mol. The van der Waals surface area contributed by atoms with Crippen LogP contribution in [0.5, 0.6) is 11.5 Å². The average molecular weight is 500 g/mol. The van der Waals surface area contributed by atoms with Gasteiger partial charge in [0.1, 0.15) is 11.5 Å². The lowest BCUT2D eigenvalue weighted by Gasteiger charge is -2.25. The van der Waals surface area contributed by atoms with Crippen molar-refractivity contribution in [3.63, 3.8) is 0 Å². The van der Waals surface area contributed by atoms with Crippen LogP contribution in [0.25, 0.3) is 0 Å². The molecule has 2 rings (SSSR count). The Bertz CT molecular complexity index is 1010. The molecule has 36 heavy (non-hydrogen) atoms. The molecular weight excluding hydrogens is 458 g/mol. The van der Waals surface area contributed by atoms with Crippen molar-refractivity contribution in [2.45, 2.75) is 71.1 Å². The highest BCUT2D eigenvalue weighted by Crippen LogP contribution is 2.36. The molecule has 0 spiro atoms. The maximum absolute atomic E-state index is 13.3. The van der Waals surface area contributed by atoms with Crippen LogP contribution in [0.1, 0.15) is 87.2 Å². The van der Waals surface area contributed by atoms with Crippen LogP contribution in [0.3, 0.4) is 0 Å². The number of aromatic carboxylic acids is 1. The summed E-state index contributed by atoms with van der Waals surface area (Å²) in [5.41, 5.74) is 2.26. The van der Waals surface area contributed by atoms with Gasteiger partial charge in [-0.15, -0.1) is 0 Å². The topological polar surface area (TPSA) is 94.1 Å². The van der Waals surface area contributed by atoms with Gasteiger partial charge in [-0.2, -0.15) is 0 Å². The molecule has 198 valence electrons. The number of unbranched alkanes of at least 4 members (excludes halogenated alkanes) is 1. The third-order valence-corrected chi connectivity index (χ3v) is 6.09. The molecule has 0 aromatic heterocycles. The molecule has 1 atom stereocenters. The highest BCUT2D eigenvalue weighted by atomic mass is 16.5. The summed E-state index contributed by atoms with van der Waals surface area (Å²) in [6.45, 7) is 9.41. The Morgan fingerprint density at radius 3 is 2.39 bits per heavy atom. The minimum atomic E-state index is -1.03. The first-order chi connectivity index (χ1) is 17.1. The molecule has 0 aliphatic rings. The van der Waals surface area contributed by atoms with Crippen LogP contribution in [-0.4, -0.2) is 44.4 Å². The second-order valence-electron chi connectivity index (χ2n) is 10.0. The van der Waals surface area contributed by atoms with Gasteiger partial charge in [0, 0.05) is 38.3 Å². The van der Waals surface area contributed by atoms with E-state index in [2.05, 4.69) is 12.2 Å². The molecule has 0 heterocycles. The van der Waals surface area contributed by atoms with Gasteiger partial charge in [0.2, 0.25) is 5.91 Å². The summed E-state index contributed by atoms with van der Waals surface area (Å²) < 4.78 is 16.6. The van der Waals surface area contributed by atoms with Gasteiger partial charge in [0.15, 0.2) is 0 Å². The number of carboxylic acid groups (broad SMARTS) is 1. The lowest BCUT2D eigenvalue weighted by molar-refractivity contribution is -0.116. The Morgan fingerprint density at radius 1 is 1.03 bits per heavy atom. The Labute approximate surface area is 215 Å². The number of carbonyl (C=O) groups is 2. The Morgan fingerprint density at radius 2 is 1.78 bits per heavy atom. The third kappa shape index (κ3) is 8.55. The fourth-order valence-electron chi connectivity index (χ4n) is 4.19. The van der Waals surface area contributed by atoms with Gasteiger partial charge in [-0.1, -0.05) is 52.7 Å². The van der Waals surface area contributed by atoms with Crippen LogP contribution in [0.4, 0.5) is 5.69 Å². The van der Waals surface area contributed by atoms with Crippen molar-refractivity contribution in [3.05, 3.63) is 53.1 Å². The highest BCUT2D eigenvalue weighted by Gasteiger charge is 2.24. The van der Waals surface area contributed by atoms with Gasteiger partial charge >= 0.3 is 5.97 Å². The molecule has 0 fully saturated rings. The number of amides is 1. The number of rotatable bonds is 14. The standard InChI is InChI=1S/C29H41NO6/c1-7-8-10-20(23-13-12-22(19-26(23)35-6)36-16-9-15-34-5)18-27(31)30-25-17-21(28(32)33)11-14-24(25)29(2,3)4/h11-14,17,19-20H,7-10,15-16,18H2,1-6H3,(H,30,31)(H,32,33). The van der Waals surface area contributed by atoms with Crippen molar-refractivity contribution < 1.29 is 28.9 Å². The molecule has 0 saturated heterocycles. The first-order valence-electron chi connectivity index (χ1n) is 12.6. The quantitative estimate of drug-likeness (QED) is 0.292. The summed E-state index contributed by atoms with van der Waals surface area (Å²) >= 11 is 0. The molecule has 1 unspecified atom stereocenters. The largest absolute Gasteiger partial charge is 0.496 e. The predicted octanol–water partition coefficient (Wildman–Crippen LogP) is 6.41. The molecule has 0 aliphatic heterocycles. The number of methoxy groups -OCH3 is 2. The number of carbonyl (C=O) groups excluding carboxylic acids is 1. The molecule has 2 aromatic rings. The number of benzene rings is 2. The zero-order valence-corrected chi connectivity index (χ0v) is 22.5. The molecule has 0 aliphatic carbocycles. The van der Waals surface area contributed by atoms with E-state index in [1.54, 1.807) is 26.4 Å². The smallest absolute Gasteiger partial charge is 0.335 e. The fourth-order valence-corrected chi connectivity index (χ4v) is 4.19. The van der Waals surface area contributed by atoms with Crippen LogP contribution < -0.4 is 14.8 Å². The van der Waals surface area contributed by atoms with Gasteiger partial charge in [-0.05, 0) is 47.1 Å². The Hall–Kier alpha value is -3.06. The van der Waals surface area contributed by atoms with Crippen molar-refractivity contribution in [2.24, 2.45) is 0 Å². The maximum Gasteiger partial charge on any atom is 0.335 e. The van der Waals surface area contributed by atoms with Crippen molar-refractivity contribution in [1.82, 2.24) is 0 Å². The van der Waals surface area contributed by atoms with Gasteiger partial charge < -0.3 is 24.6 Å². The zero-order chi connectivity index (χ0) is 26.7. The van der Waals surface area contributed by atoms with Crippen molar-refractivity contribution in [1.29, 1.82) is 0 Å². The first-order valence-corrected chi connectivity index (χ1v) is 12.6. The average Bonchev–Trinajstić information content (AvgIpc) is 2.83. The normalized spacial score (nSPS) is 12.2. The lowest BCUT2D eigenvalue weighted by atomic mass is 9.85. The zero-order valence-electron chi connectivity index (χ0n) is 22.5. The summed E-state index contributed by atoms with van der Waals surface area (Å²) in [5.74, 6) is 0.164. The van der Waals surface area contributed by atoms with Crippen LogP contribution in [0, 0.1) is 0 Å². The van der Waals surface area contributed by atoms with E-state index >= 15 is 0 Å². The van der Waals surface area contributed by atoms with Gasteiger partial charge in [0.25, 0.3) is 0 Å². The van der Waals surface area contributed by atoms with E-state index in [0.29, 0.717) is 30.4 Å². The van der Waals surface area contributed by atoms with Crippen molar-refractivity contribution in [2.75, 3.05) is 32.8 Å². The summed E-state index contributed by atoms with van der Waals surface area (Å²) in [5, 5.41) is 12.4. The summed E-state index contributed by atoms with van der Waals surface area (Å²) in [6, 6.07) is 10.7. The van der Waals surface area contributed by atoms with Crippen LogP contribution >= 0.6 is 0 Å². The summed E-state index contributed by atoms with van der Waals surface area (Å²) in [6.07, 6.45) is 3.86. The molecule has 0 radical (unpaired) electrons. The molecule has 0 saturated carbocycles. The van der Waals surface area contributed by atoms with E-state index in [0.717, 1.165) is 36.8 Å². The van der Waals surface area contributed by atoms with Crippen molar-refractivity contribution >= 4 is 17.6 Å². The molecule has 0 bridgehead atoms. The number of anilines is 1. The molecule has 2 N–H and O–H groups in total. The number of nitrogens with one attached hydrogen (secondary N) is 1. The second-order valence-corrected chi connectivity index (χ2v) is 10.0. The van der Waals surface area contributed by atoms with E-state index < -0.39 is 5.97 Å². The molecule has 7 nitrogen and oxygen atoms in total. The predicted molar refractivity (Wildman–Crippen MR) is 143 cm³/mol. The minimum Gasteiger partial charge on any atom is -0.496 e. The molecular formula is C29H41NO6. The van der Waals surface area contributed by atoms with Crippen LogP contribution in [-0.2, 0) is 14.9 Å². The first kappa shape index (κ1) is 29.2. The van der Waals surface area contributed by atoms with E-state index in [1.165, 1.54) is 6.07 Å². The fraction of sp³-hybridized carbons (Fsp3) is 0.517. The molecule has 2 aromatic carbocycles. The second kappa shape index (κ2) is 13.9. The van der Waals surface area contributed by atoms with Gasteiger partial charge in [-0.25, -0.2) is 4.79 Å². The molecule has 7 heteroatoms. The van der Waals surface area contributed by atoms with Crippen LogP contribution in [0.15, 0.2) is 36.4 Å². The number of hydrogen-bond donors (Lipinski definition) is 2. The summed E-state index contributed by atoms with van der Waals surface area (Å²) in [7, 11) is 3.29. The van der Waals surface area contributed by atoms with Crippen molar-refractivity contribution in [3.8, 4) is 11.5 Å². The minimum absolute atomic E-state index is 0.0526. The molecule has 1 amide bonds. The maximum atomic E-state index is 13.3. The number of carboxylic acids is 1. The van der Waals surface area contributed by atoms with E-state index in [1.807, 2.05) is 39.0 Å². The van der Waals surface area contributed by atoms with Crippen LogP contribution in [0.2, 0.25) is 0 Å². The van der Waals surface area contributed by atoms with E-state index in [9.17, 15) is 14.7 Å². The lowest BCUT2D eigenvalue weighted by Crippen LogP contribution is -2.21. The number of ether oxygens (including phenoxy) is 3. The third-order valence-electron chi connectivity index (χ3n) is 6.09. The summed E-state index contributed by atoms with van der Waals surface area (Å²) in [4.78, 5) is 24.8. The SMILES string of the molecule is CCCCC(CC(=O)Nc1cc(C(=O)O)ccc1C(C)(C)C)c1ccc(OCCCOC)cc1OC. The van der Waals surface area contributed by atoms with Gasteiger partial charge in [0.05, 0.1) is 19.3 Å². The Balaban J connectivity index is 2.27. The van der Waals surface area contributed by atoms with Gasteiger partial charge in [-0.3, -0.25) is 4.79 Å². The number of hydrogen-bond acceptors (Lipinski definition) is 5. The Kier molecular flexibility index (Phi) is 11.2. The van der Waals surface area contributed by atoms with E-state index in [-0.39, 0.29) is 29.2 Å². The highest BCUT2D eigenvalue weighted by molar-refractivity contribution is 5.95.